The van der Waals surface area contributed by atoms with Gasteiger partial charge in [0.25, 0.3) is 0 Å². The molecule has 0 fully saturated rings. The van der Waals surface area contributed by atoms with Crippen molar-refractivity contribution >= 4 is 17.7 Å². The van der Waals surface area contributed by atoms with Crippen LogP contribution in [0.5, 0.6) is 0 Å². The monoisotopic (exact) mass is 298 g/mol. The van der Waals surface area contributed by atoms with Crippen LogP contribution < -0.4 is 10.6 Å². The molecular formula is C13H22N4O4. The molecular weight excluding hydrogens is 276 g/mol. The molecule has 0 aliphatic heterocycles. The van der Waals surface area contributed by atoms with Gasteiger partial charge in [0.2, 0.25) is 0 Å². The lowest BCUT2D eigenvalue weighted by molar-refractivity contribution is -0.137. The number of nitrogens with zero attached hydrogens (tertiary/aromatic N) is 2. The highest BCUT2D eigenvalue weighted by Gasteiger charge is 2.04. The number of aliphatic carboxylic acids is 1. The summed E-state index contributed by atoms with van der Waals surface area (Å²) in [6.45, 7) is 1.70. The molecule has 0 atom stereocenters. The first-order valence-corrected chi connectivity index (χ1v) is 6.90. The number of carbonyl (C=O) groups excluding carboxylic acids is 1. The highest BCUT2D eigenvalue weighted by atomic mass is 16.5. The summed E-state index contributed by atoms with van der Waals surface area (Å²) < 4.78 is 6.62. The van der Waals surface area contributed by atoms with E-state index in [1.54, 1.807) is 24.2 Å². The molecule has 0 aliphatic rings. The highest BCUT2D eigenvalue weighted by Crippen LogP contribution is 2.04. The van der Waals surface area contributed by atoms with Gasteiger partial charge in [-0.05, 0) is 12.8 Å². The van der Waals surface area contributed by atoms with Crippen LogP contribution in [0, 0.1) is 0 Å². The van der Waals surface area contributed by atoms with E-state index in [4.69, 9.17) is 9.84 Å². The van der Waals surface area contributed by atoms with Crippen LogP contribution in [0.25, 0.3) is 0 Å². The van der Waals surface area contributed by atoms with E-state index in [0.717, 1.165) is 12.8 Å². The fourth-order valence-electron chi connectivity index (χ4n) is 1.69. The smallest absolute Gasteiger partial charge is 0.319 e. The predicted octanol–water partition coefficient (Wildman–Crippen LogP) is 1.30. The standard InChI is InChI=1S/C13H22N4O4/c1-21-8-7-17-10-11(9-15-17)16-13(20)14-6-4-2-3-5-12(18)19/h9-10H,2-8H2,1H3,(H,18,19)(H2,14,16,20). The van der Waals surface area contributed by atoms with Gasteiger partial charge >= 0.3 is 12.0 Å². The van der Waals surface area contributed by atoms with Gasteiger partial charge in [-0.25, -0.2) is 4.79 Å². The maximum Gasteiger partial charge on any atom is 0.319 e. The number of methoxy groups -OCH3 is 1. The van der Waals surface area contributed by atoms with Gasteiger partial charge in [0.05, 0.1) is 25.0 Å². The van der Waals surface area contributed by atoms with Crippen molar-refractivity contribution in [2.75, 3.05) is 25.6 Å². The minimum Gasteiger partial charge on any atom is -0.481 e. The Morgan fingerprint density at radius 3 is 2.90 bits per heavy atom. The molecule has 1 heterocycles. The summed E-state index contributed by atoms with van der Waals surface area (Å²) in [5, 5.41) is 18.0. The molecule has 118 valence electrons. The molecule has 0 aromatic carbocycles. The van der Waals surface area contributed by atoms with Crippen LogP contribution in [-0.2, 0) is 16.1 Å². The third-order valence-corrected chi connectivity index (χ3v) is 2.77. The summed E-state index contributed by atoms with van der Waals surface area (Å²) in [6, 6.07) is -0.292. The summed E-state index contributed by atoms with van der Waals surface area (Å²) in [5.41, 5.74) is 0.620. The Kier molecular flexibility index (Phi) is 7.88. The number of unbranched alkanes of at least 4 members (excludes halogenated alkanes) is 2. The molecule has 3 N–H and O–H groups in total. The van der Waals surface area contributed by atoms with Crippen molar-refractivity contribution in [3.8, 4) is 0 Å². The number of urea groups is 1. The van der Waals surface area contributed by atoms with E-state index in [-0.39, 0.29) is 12.5 Å². The Morgan fingerprint density at radius 2 is 2.19 bits per heavy atom. The Labute approximate surface area is 123 Å². The van der Waals surface area contributed by atoms with Gasteiger partial charge in [0, 0.05) is 26.3 Å². The molecule has 1 rings (SSSR count). The third kappa shape index (κ3) is 7.93. The highest BCUT2D eigenvalue weighted by molar-refractivity contribution is 5.88. The first-order chi connectivity index (χ1) is 10.1. The fraction of sp³-hybridized carbons (Fsp3) is 0.615. The van der Waals surface area contributed by atoms with Crippen LogP contribution in [-0.4, -0.2) is 47.1 Å². The van der Waals surface area contributed by atoms with Crippen LogP contribution in [0.3, 0.4) is 0 Å². The number of ether oxygens (including phenoxy) is 1. The van der Waals surface area contributed by atoms with E-state index in [9.17, 15) is 9.59 Å². The Morgan fingerprint density at radius 1 is 1.38 bits per heavy atom. The molecule has 2 amide bonds. The molecule has 8 nitrogen and oxygen atoms in total. The van der Waals surface area contributed by atoms with Crippen molar-refractivity contribution in [1.29, 1.82) is 0 Å². The van der Waals surface area contributed by atoms with E-state index in [0.29, 0.717) is 31.8 Å². The zero-order valence-corrected chi connectivity index (χ0v) is 12.2. The number of carbonyl (C=O) groups is 2. The van der Waals surface area contributed by atoms with Gasteiger partial charge in [-0.15, -0.1) is 0 Å². The number of amides is 2. The van der Waals surface area contributed by atoms with Gasteiger partial charge in [-0.3, -0.25) is 9.48 Å². The predicted molar refractivity (Wildman–Crippen MR) is 77.2 cm³/mol. The number of rotatable bonds is 10. The first kappa shape index (κ1) is 17.0. The summed E-state index contributed by atoms with van der Waals surface area (Å²) in [4.78, 5) is 21.9. The molecule has 1 aromatic heterocycles. The van der Waals surface area contributed by atoms with E-state index in [1.807, 2.05) is 0 Å². The maximum absolute atomic E-state index is 11.6. The van der Waals surface area contributed by atoms with Crippen molar-refractivity contribution in [3.63, 3.8) is 0 Å². The van der Waals surface area contributed by atoms with Crippen LogP contribution in [0.2, 0.25) is 0 Å². The van der Waals surface area contributed by atoms with Gasteiger partial charge < -0.3 is 20.5 Å². The van der Waals surface area contributed by atoms with E-state index >= 15 is 0 Å². The van der Waals surface area contributed by atoms with Gasteiger partial charge in [-0.2, -0.15) is 5.10 Å². The van der Waals surface area contributed by atoms with Crippen LogP contribution in [0.1, 0.15) is 25.7 Å². The van der Waals surface area contributed by atoms with E-state index in [1.165, 1.54) is 0 Å². The first-order valence-electron chi connectivity index (χ1n) is 6.90. The van der Waals surface area contributed by atoms with Gasteiger partial charge in [0.1, 0.15) is 0 Å². The lowest BCUT2D eigenvalue weighted by Gasteiger charge is -2.05. The van der Waals surface area contributed by atoms with E-state index in [2.05, 4.69) is 15.7 Å². The average Bonchev–Trinajstić information content (AvgIpc) is 2.87. The molecule has 0 aliphatic carbocycles. The van der Waals surface area contributed by atoms with E-state index < -0.39 is 5.97 Å². The van der Waals surface area contributed by atoms with Crippen molar-refractivity contribution in [2.45, 2.75) is 32.2 Å². The van der Waals surface area contributed by atoms with Gasteiger partial charge in [-0.1, -0.05) is 6.42 Å². The number of aromatic nitrogens is 2. The Bertz CT molecular complexity index is 447. The molecule has 0 saturated carbocycles. The summed E-state index contributed by atoms with van der Waals surface area (Å²) in [5.74, 6) is -0.786. The SMILES string of the molecule is COCCn1cc(NC(=O)NCCCCCC(=O)O)cn1. The van der Waals surface area contributed by atoms with Crippen molar-refractivity contribution in [3.05, 3.63) is 12.4 Å². The topological polar surface area (TPSA) is 105 Å². The number of carboxylic acids is 1. The maximum atomic E-state index is 11.6. The zero-order chi connectivity index (χ0) is 15.5. The second-order valence-electron chi connectivity index (χ2n) is 4.57. The lowest BCUT2D eigenvalue weighted by atomic mass is 10.2. The minimum absolute atomic E-state index is 0.173. The number of nitrogens with one attached hydrogen (secondary N) is 2. The van der Waals surface area contributed by atoms with Gasteiger partial charge in [0.15, 0.2) is 0 Å². The van der Waals surface area contributed by atoms with Crippen molar-refractivity contribution in [1.82, 2.24) is 15.1 Å². The minimum atomic E-state index is -0.786. The van der Waals surface area contributed by atoms with Crippen LogP contribution >= 0.6 is 0 Å². The molecule has 8 heteroatoms. The molecule has 0 bridgehead atoms. The second-order valence-corrected chi connectivity index (χ2v) is 4.57. The number of hydrogen-bond donors (Lipinski definition) is 3. The van der Waals surface area contributed by atoms with Crippen LogP contribution in [0.4, 0.5) is 10.5 Å². The molecule has 0 saturated heterocycles. The quantitative estimate of drug-likeness (QED) is 0.565. The largest absolute Gasteiger partial charge is 0.481 e. The molecule has 0 unspecified atom stereocenters. The fourth-order valence-corrected chi connectivity index (χ4v) is 1.69. The summed E-state index contributed by atoms with van der Waals surface area (Å²) in [7, 11) is 1.62. The van der Waals surface area contributed by atoms with Crippen LogP contribution in [0.15, 0.2) is 12.4 Å². The lowest BCUT2D eigenvalue weighted by Crippen LogP contribution is -2.29. The molecule has 21 heavy (non-hydrogen) atoms. The Balaban J connectivity index is 2.12. The number of carboxylic acid groups (broad SMARTS) is 1. The summed E-state index contributed by atoms with van der Waals surface area (Å²) in [6.07, 6.45) is 5.64. The summed E-state index contributed by atoms with van der Waals surface area (Å²) >= 11 is 0. The molecule has 0 spiro atoms. The number of anilines is 1. The van der Waals surface area contributed by atoms with Crippen molar-refractivity contribution < 1.29 is 19.4 Å². The number of hydrogen-bond acceptors (Lipinski definition) is 4. The molecule has 0 radical (unpaired) electrons. The van der Waals surface area contributed by atoms with Crippen molar-refractivity contribution in [2.24, 2.45) is 0 Å². The normalized spacial score (nSPS) is 10.3. The Hall–Kier alpha value is -2.09. The third-order valence-electron chi connectivity index (χ3n) is 2.77. The second kappa shape index (κ2) is 9.76. The average molecular weight is 298 g/mol. The zero-order valence-electron chi connectivity index (χ0n) is 12.2. The molecule has 1 aromatic rings.